The Hall–Kier alpha value is -1.33. The standard InChI is InChI=1S/C13H22N4O/c1-10-7-13(15-8-12(10)14)16-11(2)9-17-3-5-18-6-4-17/h7-8,11H,3-6,9,14H2,1-2H3,(H,15,16). The second kappa shape index (κ2) is 6.02. The zero-order valence-electron chi connectivity index (χ0n) is 11.1. The Morgan fingerprint density at radius 1 is 1.50 bits per heavy atom. The molecule has 100 valence electrons. The topological polar surface area (TPSA) is 63.4 Å². The Morgan fingerprint density at radius 2 is 2.22 bits per heavy atom. The smallest absolute Gasteiger partial charge is 0.126 e. The normalized spacial score (nSPS) is 18.6. The summed E-state index contributed by atoms with van der Waals surface area (Å²) in [4.78, 5) is 6.70. The number of pyridine rings is 1. The number of nitrogens with one attached hydrogen (secondary N) is 1. The summed E-state index contributed by atoms with van der Waals surface area (Å²) in [5, 5.41) is 3.41. The zero-order valence-corrected chi connectivity index (χ0v) is 11.1. The molecule has 0 aliphatic carbocycles. The van der Waals surface area contributed by atoms with Crippen molar-refractivity contribution in [1.82, 2.24) is 9.88 Å². The summed E-state index contributed by atoms with van der Waals surface area (Å²) in [5.74, 6) is 0.891. The van der Waals surface area contributed by atoms with E-state index in [0.29, 0.717) is 6.04 Å². The molecule has 5 heteroatoms. The number of ether oxygens (including phenoxy) is 1. The summed E-state index contributed by atoms with van der Waals surface area (Å²) in [6.07, 6.45) is 1.71. The van der Waals surface area contributed by atoms with E-state index in [9.17, 15) is 0 Å². The third kappa shape index (κ3) is 3.58. The molecule has 1 aromatic rings. The van der Waals surface area contributed by atoms with Crippen LogP contribution in [0.2, 0.25) is 0 Å². The van der Waals surface area contributed by atoms with Crippen LogP contribution in [-0.2, 0) is 4.74 Å². The molecule has 2 heterocycles. The number of rotatable bonds is 4. The first-order valence-electron chi connectivity index (χ1n) is 6.44. The summed E-state index contributed by atoms with van der Waals surface area (Å²) in [6.45, 7) is 8.88. The average molecular weight is 250 g/mol. The molecule has 3 N–H and O–H groups in total. The van der Waals surface area contributed by atoms with Crippen molar-refractivity contribution >= 4 is 11.5 Å². The number of hydrogen-bond donors (Lipinski definition) is 2. The minimum atomic E-state index is 0.360. The number of morpholine rings is 1. The molecule has 0 radical (unpaired) electrons. The van der Waals surface area contributed by atoms with Crippen LogP contribution in [0.4, 0.5) is 11.5 Å². The van der Waals surface area contributed by atoms with E-state index in [1.165, 1.54) is 0 Å². The quantitative estimate of drug-likeness (QED) is 0.838. The predicted molar refractivity (Wildman–Crippen MR) is 73.7 cm³/mol. The Balaban J connectivity index is 1.85. The molecule has 2 rings (SSSR count). The summed E-state index contributed by atoms with van der Waals surface area (Å²) in [6, 6.07) is 2.35. The lowest BCUT2D eigenvalue weighted by Gasteiger charge is -2.29. The molecule has 1 aliphatic rings. The second-order valence-electron chi connectivity index (χ2n) is 4.88. The van der Waals surface area contributed by atoms with Gasteiger partial charge in [0.05, 0.1) is 25.1 Å². The molecule has 1 fully saturated rings. The maximum absolute atomic E-state index is 5.76. The van der Waals surface area contributed by atoms with Gasteiger partial charge in [-0.3, -0.25) is 4.90 Å². The number of nitrogens with two attached hydrogens (primary N) is 1. The predicted octanol–water partition coefficient (Wildman–Crippen LogP) is 1.10. The second-order valence-corrected chi connectivity index (χ2v) is 4.88. The number of anilines is 2. The lowest BCUT2D eigenvalue weighted by Crippen LogP contribution is -2.42. The Bertz CT molecular complexity index is 391. The van der Waals surface area contributed by atoms with Crippen LogP contribution in [0.3, 0.4) is 0 Å². The molecular formula is C13H22N4O. The van der Waals surface area contributed by atoms with Gasteiger partial charge in [0.15, 0.2) is 0 Å². The van der Waals surface area contributed by atoms with Crippen LogP contribution in [0.5, 0.6) is 0 Å². The van der Waals surface area contributed by atoms with E-state index in [1.807, 2.05) is 13.0 Å². The van der Waals surface area contributed by atoms with Crippen molar-refractivity contribution in [2.45, 2.75) is 19.9 Å². The van der Waals surface area contributed by atoms with Gasteiger partial charge in [0.25, 0.3) is 0 Å². The van der Waals surface area contributed by atoms with Crippen LogP contribution < -0.4 is 11.1 Å². The van der Waals surface area contributed by atoms with Crippen LogP contribution in [0.1, 0.15) is 12.5 Å². The van der Waals surface area contributed by atoms with E-state index in [1.54, 1.807) is 6.20 Å². The molecule has 0 bridgehead atoms. The highest BCUT2D eigenvalue weighted by molar-refractivity contribution is 5.51. The lowest BCUT2D eigenvalue weighted by molar-refractivity contribution is 0.0368. The molecule has 18 heavy (non-hydrogen) atoms. The van der Waals surface area contributed by atoms with Gasteiger partial charge in [-0.15, -0.1) is 0 Å². The molecule has 1 aromatic heterocycles. The van der Waals surface area contributed by atoms with Crippen LogP contribution >= 0.6 is 0 Å². The van der Waals surface area contributed by atoms with Gasteiger partial charge in [0.1, 0.15) is 5.82 Å². The van der Waals surface area contributed by atoms with Gasteiger partial charge < -0.3 is 15.8 Å². The summed E-state index contributed by atoms with van der Waals surface area (Å²) in [5.41, 5.74) is 7.56. The average Bonchev–Trinajstić information content (AvgIpc) is 2.35. The van der Waals surface area contributed by atoms with E-state index in [-0.39, 0.29) is 0 Å². The lowest BCUT2D eigenvalue weighted by atomic mass is 10.2. The SMILES string of the molecule is Cc1cc(NC(C)CN2CCOCC2)ncc1N. The summed E-state index contributed by atoms with van der Waals surface area (Å²) < 4.78 is 5.34. The minimum absolute atomic E-state index is 0.360. The largest absolute Gasteiger partial charge is 0.397 e. The van der Waals surface area contributed by atoms with Gasteiger partial charge >= 0.3 is 0 Å². The van der Waals surface area contributed by atoms with E-state index < -0.39 is 0 Å². The van der Waals surface area contributed by atoms with Gasteiger partial charge in [-0.2, -0.15) is 0 Å². The molecule has 0 spiro atoms. The Labute approximate surface area is 108 Å². The van der Waals surface area contributed by atoms with Crippen LogP contribution in [0.15, 0.2) is 12.3 Å². The fourth-order valence-electron chi connectivity index (χ4n) is 2.11. The van der Waals surface area contributed by atoms with Crippen molar-refractivity contribution < 1.29 is 4.74 Å². The molecule has 1 aliphatic heterocycles. The molecule has 5 nitrogen and oxygen atoms in total. The first-order valence-corrected chi connectivity index (χ1v) is 6.44. The van der Waals surface area contributed by atoms with Crippen LogP contribution in [0.25, 0.3) is 0 Å². The van der Waals surface area contributed by atoms with Crippen molar-refractivity contribution in [3.05, 3.63) is 17.8 Å². The fraction of sp³-hybridized carbons (Fsp3) is 0.615. The number of aryl methyl sites for hydroxylation is 1. The van der Waals surface area contributed by atoms with Gasteiger partial charge in [-0.1, -0.05) is 0 Å². The zero-order chi connectivity index (χ0) is 13.0. The summed E-state index contributed by atoms with van der Waals surface area (Å²) in [7, 11) is 0. The highest BCUT2D eigenvalue weighted by Gasteiger charge is 2.13. The van der Waals surface area contributed by atoms with Crippen molar-refractivity contribution in [2.75, 3.05) is 43.9 Å². The van der Waals surface area contributed by atoms with Crippen LogP contribution in [0, 0.1) is 6.92 Å². The molecule has 0 saturated carbocycles. The first-order chi connectivity index (χ1) is 8.65. The number of nitrogen functional groups attached to an aromatic ring is 1. The van der Waals surface area contributed by atoms with E-state index >= 15 is 0 Å². The molecule has 1 unspecified atom stereocenters. The van der Waals surface area contributed by atoms with E-state index in [2.05, 4.69) is 22.1 Å². The monoisotopic (exact) mass is 250 g/mol. The van der Waals surface area contributed by atoms with Crippen molar-refractivity contribution in [3.63, 3.8) is 0 Å². The Morgan fingerprint density at radius 3 is 2.89 bits per heavy atom. The van der Waals surface area contributed by atoms with Gasteiger partial charge in [0, 0.05) is 25.7 Å². The highest BCUT2D eigenvalue weighted by Crippen LogP contribution is 2.14. The molecule has 0 amide bonds. The van der Waals surface area contributed by atoms with Crippen LogP contribution in [-0.4, -0.2) is 48.8 Å². The number of hydrogen-bond acceptors (Lipinski definition) is 5. The number of nitrogens with zero attached hydrogens (tertiary/aromatic N) is 2. The van der Waals surface area contributed by atoms with Gasteiger partial charge in [-0.05, 0) is 25.5 Å². The van der Waals surface area contributed by atoms with E-state index in [4.69, 9.17) is 10.5 Å². The third-order valence-corrected chi connectivity index (χ3v) is 3.18. The van der Waals surface area contributed by atoms with Crippen molar-refractivity contribution in [2.24, 2.45) is 0 Å². The maximum atomic E-state index is 5.76. The van der Waals surface area contributed by atoms with Gasteiger partial charge in [-0.25, -0.2) is 4.98 Å². The van der Waals surface area contributed by atoms with Gasteiger partial charge in [0.2, 0.25) is 0 Å². The molecule has 1 saturated heterocycles. The number of aromatic nitrogens is 1. The third-order valence-electron chi connectivity index (χ3n) is 3.18. The Kier molecular flexibility index (Phi) is 4.38. The molecule has 0 aromatic carbocycles. The van der Waals surface area contributed by atoms with Crippen molar-refractivity contribution in [1.29, 1.82) is 0 Å². The van der Waals surface area contributed by atoms with Crippen molar-refractivity contribution in [3.8, 4) is 0 Å². The summed E-state index contributed by atoms with van der Waals surface area (Å²) >= 11 is 0. The fourth-order valence-corrected chi connectivity index (χ4v) is 2.11. The molecular weight excluding hydrogens is 228 g/mol. The minimum Gasteiger partial charge on any atom is -0.397 e. The molecule has 1 atom stereocenters. The first kappa shape index (κ1) is 13.1. The van der Waals surface area contributed by atoms with E-state index in [0.717, 1.165) is 49.9 Å². The maximum Gasteiger partial charge on any atom is 0.126 e. The highest BCUT2D eigenvalue weighted by atomic mass is 16.5.